The summed E-state index contributed by atoms with van der Waals surface area (Å²) < 4.78 is 26.3. The maximum Gasteiger partial charge on any atom is 0.312 e. The maximum absolute atomic E-state index is 12.5. The predicted molar refractivity (Wildman–Crippen MR) is 80.5 cm³/mol. The van der Waals surface area contributed by atoms with Crippen LogP contribution in [0, 0.1) is 5.41 Å². The molecule has 1 aliphatic heterocycles. The third-order valence-corrected chi connectivity index (χ3v) is 5.77. The number of benzene rings is 1. The van der Waals surface area contributed by atoms with E-state index in [1.54, 1.807) is 24.3 Å². The topological polar surface area (TPSA) is 74.7 Å². The number of hydrogen-bond donors (Lipinski definition) is 1. The second kappa shape index (κ2) is 5.42. The molecule has 5 nitrogen and oxygen atoms in total. The van der Waals surface area contributed by atoms with E-state index in [1.165, 1.54) is 4.31 Å². The first-order chi connectivity index (χ1) is 9.60. The van der Waals surface area contributed by atoms with Crippen molar-refractivity contribution in [2.75, 3.05) is 12.3 Å². The Bertz CT molecular complexity index is 646. The van der Waals surface area contributed by atoms with Crippen molar-refractivity contribution in [1.29, 1.82) is 0 Å². The molecule has 0 aliphatic carbocycles. The van der Waals surface area contributed by atoms with Crippen LogP contribution in [0.15, 0.2) is 24.3 Å². The number of aliphatic carboxylic acids is 1. The van der Waals surface area contributed by atoms with Crippen LogP contribution in [0.25, 0.3) is 0 Å². The molecule has 1 N–H and O–H groups in total. The highest BCUT2D eigenvalue weighted by Gasteiger charge is 2.37. The molecule has 0 saturated carbocycles. The molecule has 1 aromatic rings. The summed E-state index contributed by atoms with van der Waals surface area (Å²) in [7, 11) is -3.48. The Hall–Kier alpha value is -1.40. The zero-order chi connectivity index (χ0) is 15.8. The van der Waals surface area contributed by atoms with Gasteiger partial charge >= 0.3 is 5.97 Å². The molecule has 0 radical (unpaired) electrons. The highest BCUT2D eigenvalue weighted by atomic mass is 32.2. The van der Waals surface area contributed by atoms with Gasteiger partial charge in [-0.3, -0.25) is 4.79 Å². The molecule has 1 aliphatic rings. The Morgan fingerprint density at radius 3 is 2.52 bits per heavy atom. The Morgan fingerprint density at radius 1 is 1.33 bits per heavy atom. The normalized spacial score (nSPS) is 20.0. The van der Waals surface area contributed by atoms with Crippen molar-refractivity contribution in [2.45, 2.75) is 33.2 Å². The summed E-state index contributed by atoms with van der Waals surface area (Å²) in [6.45, 7) is 5.83. The van der Waals surface area contributed by atoms with E-state index in [0.29, 0.717) is 5.56 Å². The first kappa shape index (κ1) is 16.0. The zero-order valence-corrected chi connectivity index (χ0v) is 13.4. The van der Waals surface area contributed by atoms with Gasteiger partial charge in [0.25, 0.3) is 0 Å². The standard InChI is InChI=1S/C15H21NO4S/c1-15(2,3)10-21(19,20)16-8-11-6-4-5-7-12(11)13(9-16)14(17)18/h4-7,13H,8-10H2,1-3H3,(H,17,18). The summed E-state index contributed by atoms with van der Waals surface area (Å²) >= 11 is 0. The molecule has 0 saturated heterocycles. The smallest absolute Gasteiger partial charge is 0.312 e. The summed E-state index contributed by atoms with van der Waals surface area (Å²) in [5.74, 6) is -1.78. The van der Waals surface area contributed by atoms with Crippen LogP contribution < -0.4 is 0 Å². The van der Waals surface area contributed by atoms with E-state index in [1.807, 2.05) is 20.8 Å². The SMILES string of the molecule is CC(C)(C)CS(=O)(=O)N1Cc2ccccc2C(C(=O)O)C1. The second-order valence-electron chi connectivity index (χ2n) is 6.70. The summed E-state index contributed by atoms with van der Waals surface area (Å²) in [6, 6.07) is 7.15. The van der Waals surface area contributed by atoms with Gasteiger partial charge in [-0.2, -0.15) is 4.31 Å². The molecule has 0 spiro atoms. The van der Waals surface area contributed by atoms with Crippen LogP contribution >= 0.6 is 0 Å². The van der Waals surface area contributed by atoms with E-state index in [9.17, 15) is 18.3 Å². The lowest BCUT2D eigenvalue weighted by molar-refractivity contribution is -0.139. The number of fused-ring (bicyclic) bond motifs is 1. The van der Waals surface area contributed by atoms with Gasteiger partial charge in [-0.1, -0.05) is 45.0 Å². The van der Waals surface area contributed by atoms with E-state index in [4.69, 9.17) is 0 Å². The fourth-order valence-corrected chi connectivity index (χ4v) is 4.63. The van der Waals surface area contributed by atoms with Crippen LogP contribution in [0.1, 0.15) is 37.8 Å². The third kappa shape index (κ3) is 3.63. The van der Waals surface area contributed by atoms with Crippen molar-refractivity contribution in [3.8, 4) is 0 Å². The molecule has 1 unspecified atom stereocenters. The summed E-state index contributed by atoms with van der Waals surface area (Å²) in [6.07, 6.45) is 0. The second-order valence-corrected chi connectivity index (χ2v) is 8.67. The van der Waals surface area contributed by atoms with Crippen molar-refractivity contribution in [1.82, 2.24) is 4.31 Å². The fourth-order valence-electron chi connectivity index (χ4n) is 2.64. The van der Waals surface area contributed by atoms with Crippen LogP contribution in [0.4, 0.5) is 0 Å². The summed E-state index contributed by atoms with van der Waals surface area (Å²) in [4.78, 5) is 11.5. The van der Waals surface area contributed by atoms with Crippen molar-refractivity contribution in [3.63, 3.8) is 0 Å². The van der Waals surface area contributed by atoms with Gasteiger partial charge in [0.2, 0.25) is 10.0 Å². The van der Waals surface area contributed by atoms with E-state index < -0.39 is 21.9 Å². The number of nitrogens with zero attached hydrogens (tertiary/aromatic N) is 1. The molecule has 6 heteroatoms. The molecule has 2 rings (SSSR count). The van der Waals surface area contributed by atoms with Crippen molar-refractivity contribution < 1.29 is 18.3 Å². The molecule has 1 heterocycles. The number of hydrogen-bond acceptors (Lipinski definition) is 3. The summed E-state index contributed by atoms with van der Waals surface area (Å²) in [5, 5.41) is 9.38. The van der Waals surface area contributed by atoms with Gasteiger partial charge in [-0.15, -0.1) is 0 Å². The lowest BCUT2D eigenvalue weighted by Crippen LogP contribution is -2.43. The maximum atomic E-state index is 12.5. The monoisotopic (exact) mass is 311 g/mol. The lowest BCUT2D eigenvalue weighted by Gasteiger charge is -2.33. The minimum atomic E-state index is -3.48. The summed E-state index contributed by atoms with van der Waals surface area (Å²) in [5.41, 5.74) is 1.12. The van der Waals surface area contributed by atoms with Crippen LogP contribution in [0.5, 0.6) is 0 Å². The van der Waals surface area contributed by atoms with Gasteiger partial charge in [0, 0.05) is 13.1 Å². The molecular formula is C15H21NO4S. The molecule has 0 amide bonds. The molecular weight excluding hydrogens is 290 g/mol. The minimum Gasteiger partial charge on any atom is -0.481 e. The van der Waals surface area contributed by atoms with Gasteiger partial charge in [0.15, 0.2) is 0 Å². The number of rotatable bonds is 3. The predicted octanol–water partition coefficient (Wildman–Crippen LogP) is 2.05. The van der Waals surface area contributed by atoms with Crippen LogP contribution in [0.2, 0.25) is 0 Å². The molecule has 1 atom stereocenters. The molecule has 116 valence electrons. The number of sulfonamides is 1. The molecule has 0 bridgehead atoms. The van der Waals surface area contributed by atoms with Crippen molar-refractivity contribution in [3.05, 3.63) is 35.4 Å². The highest BCUT2D eigenvalue weighted by molar-refractivity contribution is 7.89. The molecule has 1 aromatic carbocycles. The van der Waals surface area contributed by atoms with E-state index in [0.717, 1.165) is 5.56 Å². The first-order valence-electron chi connectivity index (χ1n) is 6.88. The van der Waals surface area contributed by atoms with Crippen molar-refractivity contribution >= 4 is 16.0 Å². The van der Waals surface area contributed by atoms with Gasteiger partial charge in [-0.25, -0.2) is 8.42 Å². The average Bonchev–Trinajstić information content (AvgIpc) is 2.34. The van der Waals surface area contributed by atoms with Crippen LogP contribution in [0.3, 0.4) is 0 Å². The third-order valence-electron chi connectivity index (χ3n) is 3.47. The number of carboxylic acids is 1. The van der Waals surface area contributed by atoms with Gasteiger partial charge in [0.05, 0.1) is 11.7 Å². The number of carboxylic acid groups (broad SMARTS) is 1. The Morgan fingerprint density at radius 2 is 1.95 bits per heavy atom. The lowest BCUT2D eigenvalue weighted by atomic mass is 9.91. The average molecular weight is 311 g/mol. The highest BCUT2D eigenvalue weighted by Crippen LogP contribution is 2.31. The van der Waals surface area contributed by atoms with E-state index in [2.05, 4.69) is 0 Å². The Kier molecular flexibility index (Phi) is 4.13. The Balaban J connectivity index is 2.36. The Labute approximate surface area is 125 Å². The van der Waals surface area contributed by atoms with Crippen molar-refractivity contribution in [2.24, 2.45) is 5.41 Å². The quantitative estimate of drug-likeness (QED) is 0.927. The zero-order valence-electron chi connectivity index (χ0n) is 12.5. The molecule has 21 heavy (non-hydrogen) atoms. The van der Waals surface area contributed by atoms with E-state index >= 15 is 0 Å². The van der Waals surface area contributed by atoms with E-state index in [-0.39, 0.29) is 24.3 Å². The van der Waals surface area contributed by atoms with Gasteiger partial charge in [0.1, 0.15) is 0 Å². The van der Waals surface area contributed by atoms with Crippen LogP contribution in [-0.2, 0) is 21.4 Å². The number of carbonyl (C=O) groups is 1. The largest absolute Gasteiger partial charge is 0.481 e. The van der Waals surface area contributed by atoms with Gasteiger partial charge in [-0.05, 0) is 16.5 Å². The van der Waals surface area contributed by atoms with Crippen LogP contribution in [-0.4, -0.2) is 36.1 Å². The minimum absolute atomic E-state index is 0.00472. The molecule has 0 fully saturated rings. The van der Waals surface area contributed by atoms with Gasteiger partial charge < -0.3 is 5.11 Å². The first-order valence-corrected chi connectivity index (χ1v) is 8.49. The molecule has 0 aromatic heterocycles. The fraction of sp³-hybridized carbons (Fsp3) is 0.533.